The molecule has 0 aliphatic carbocycles. The zero-order valence-electron chi connectivity index (χ0n) is 17.8. The van der Waals surface area contributed by atoms with E-state index < -0.39 is 0 Å². The van der Waals surface area contributed by atoms with Crippen LogP contribution in [0.2, 0.25) is 0 Å². The summed E-state index contributed by atoms with van der Waals surface area (Å²) >= 11 is 2.89. The van der Waals surface area contributed by atoms with Crippen molar-refractivity contribution in [2.45, 2.75) is 20.3 Å². The number of nitrogens with zero attached hydrogens (tertiary/aromatic N) is 2. The molecule has 8 heteroatoms. The molecule has 0 unspecified atom stereocenters. The maximum atomic E-state index is 12.6. The second-order valence-corrected chi connectivity index (χ2v) is 8.48. The molecule has 0 atom stereocenters. The van der Waals surface area contributed by atoms with E-state index in [0.717, 1.165) is 33.3 Å². The molecule has 4 aromatic rings. The Bertz CT molecular complexity index is 1110. The highest BCUT2D eigenvalue weighted by atomic mass is 32.1. The van der Waals surface area contributed by atoms with Gasteiger partial charge in [-0.25, -0.2) is 9.97 Å². The Morgan fingerprint density at radius 1 is 0.875 bits per heavy atom. The van der Waals surface area contributed by atoms with E-state index in [4.69, 9.17) is 9.47 Å². The van der Waals surface area contributed by atoms with Crippen molar-refractivity contribution in [3.63, 3.8) is 0 Å². The van der Waals surface area contributed by atoms with E-state index in [1.54, 1.807) is 0 Å². The van der Waals surface area contributed by atoms with Gasteiger partial charge in [-0.3, -0.25) is 4.79 Å². The summed E-state index contributed by atoms with van der Waals surface area (Å²) in [6, 6.07) is 15.5. The first-order chi connectivity index (χ1) is 15.7. The van der Waals surface area contributed by atoms with Gasteiger partial charge in [0.2, 0.25) is 5.91 Å². The van der Waals surface area contributed by atoms with Crippen LogP contribution in [-0.2, 0) is 11.2 Å². The van der Waals surface area contributed by atoms with Gasteiger partial charge in [0.15, 0.2) is 5.13 Å². The fourth-order valence-electron chi connectivity index (χ4n) is 3.18. The lowest BCUT2D eigenvalue weighted by molar-refractivity contribution is -0.115. The zero-order chi connectivity index (χ0) is 22.3. The number of carbonyl (C=O) groups is 1. The fraction of sp³-hybridized carbons (Fsp3) is 0.208. The summed E-state index contributed by atoms with van der Waals surface area (Å²) in [7, 11) is 0. The molecule has 164 valence electrons. The molecule has 0 aliphatic rings. The minimum Gasteiger partial charge on any atom is -0.493 e. The van der Waals surface area contributed by atoms with Crippen LogP contribution in [-0.4, -0.2) is 29.1 Å². The molecule has 0 aliphatic heterocycles. The molecule has 0 fully saturated rings. The molecule has 1 N–H and O–H groups in total. The van der Waals surface area contributed by atoms with Crippen molar-refractivity contribution in [2.24, 2.45) is 0 Å². The molecular formula is C24H23N3O3S2. The first kappa shape index (κ1) is 22.0. The quantitative estimate of drug-likeness (QED) is 0.333. The smallest absolute Gasteiger partial charge is 0.232 e. The van der Waals surface area contributed by atoms with Gasteiger partial charge in [0.1, 0.15) is 16.5 Å². The Kier molecular flexibility index (Phi) is 7.14. The molecule has 0 saturated carbocycles. The molecule has 0 saturated heterocycles. The van der Waals surface area contributed by atoms with Crippen LogP contribution in [0, 0.1) is 0 Å². The molecule has 0 radical (unpaired) electrons. The molecule has 0 spiro atoms. The van der Waals surface area contributed by atoms with Gasteiger partial charge >= 0.3 is 0 Å². The summed E-state index contributed by atoms with van der Waals surface area (Å²) in [6.07, 6.45) is 0.178. The molecule has 6 nitrogen and oxygen atoms in total. The Balaban J connectivity index is 1.43. The van der Waals surface area contributed by atoms with Crippen molar-refractivity contribution < 1.29 is 14.3 Å². The number of thiazole rings is 2. The van der Waals surface area contributed by atoms with E-state index >= 15 is 0 Å². The van der Waals surface area contributed by atoms with Gasteiger partial charge in [-0.05, 0) is 38.1 Å². The van der Waals surface area contributed by atoms with Gasteiger partial charge in [0.25, 0.3) is 0 Å². The van der Waals surface area contributed by atoms with E-state index in [2.05, 4.69) is 15.3 Å². The number of hydrogen-bond donors (Lipinski definition) is 1. The highest BCUT2D eigenvalue weighted by Crippen LogP contribution is 2.33. The van der Waals surface area contributed by atoms with Crippen molar-refractivity contribution in [3.05, 3.63) is 65.0 Å². The number of anilines is 1. The molecular weight excluding hydrogens is 442 g/mol. The normalized spacial score (nSPS) is 10.7. The maximum Gasteiger partial charge on any atom is 0.232 e. The van der Waals surface area contributed by atoms with Crippen LogP contribution in [0.25, 0.3) is 21.8 Å². The van der Waals surface area contributed by atoms with Crippen LogP contribution in [0.4, 0.5) is 5.13 Å². The average molecular weight is 466 g/mol. The largest absolute Gasteiger partial charge is 0.493 e. The molecule has 2 aromatic carbocycles. The average Bonchev–Trinajstić information content (AvgIpc) is 3.45. The summed E-state index contributed by atoms with van der Waals surface area (Å²) in [5, 5.41) is 8.09. The molecule has 2 heterocycles. The van der Waals surface area contributed by atoms with Gasteiger partial charge in [0, 0.05) is 16.3 Å². The summed E-state index contributed by atoms with van der Waals surface area (Å²) in [5.74, 6) is 1.42. The van der Waals surface area contributed by atoms with Gasteiger partial charge in [-0.2, -0.15) is 0 Å². The molecule has 1 amide bonds. The summed E-state index contributed by atoms with van der Waals surface area (Å²) in [6.45, 7) is 5.06. The third-order valence-corrected chi connectivity index (χ3v) is 6.21. The van der Waals surface area contributed by atoms with Gasteiger partial charge in [0.05, 0.1) is 36.6 Å². The molecule has 0 bridgehead atoms. The summed E-state index contributed by atoms with van der Waals surface area (Å²) in [4.78, 5) is 21.8. The maximum absolute atomic E-state index is 12.6. The fourth-order valence-corrected chi connectivity index (χ4v) is 4.76. The van der Waals surface area contributed by atoms with E-state index in [0.29, 0.717) is 24.0 Å². The number of hydrogen-bond acceptors (Lipinski definition) is 7. The highest BCUT2D eigenvalue weighted by molar-refractivity contribution is 7.14. The van der Waals surface area contributed by atoms with E-state index in [9.17, 15) is 4.79 Å². The van der Waals surface area contributed by atoms with E-state index in [1.165, 1.54) is 22.7 Å². The number of ether oxygens (including phenoxy) is 2. The number of carbonyl (C=O) groups excluding carboxylic acids is 1. The number of amides is 1. The topological polar surface area (TPSA) is 73.3 Å². The summed E-state index contributed by atoms with van der Waals surface area (Å²) in [5.41, 5.74) is 3.33. The minimum absolute atomic E-state index is 0.154. The molecule has 4 rings (SSSR count). The van der Waals surface area contributed by atoms with Gasteiger partial charge in [-0.15, -0.1) is 22.7 Å². The van der Waals surface area contributed by atoms with Crippen molar-refractivity contribution in [1.29, 1.82) is 0 Å². The lowest BCUT2D eigenvalue weighted by Crippen LogP contribution is -2.14. The van der Waals surface area contributed by atoms with Crippen LogP contribution >= 0.6 is 22.7 Å². The predicted molar refractivity (Wildman–Crippen MR) is 130 cm³/mol. The zero-order valence-corrected chi connectivity index (χ0v) is 19.5. The lowest BCUT2D eigenvalue weighted by atomic mass is 10.1. The van der Waals surface area contributed by atoms with Crippen LogP contribution < -0.4 is 14.8 Å². The highest BCUT2D eigenvalue weighted by Gasteiger charge is 2.15. The van der Waals surface area contributed by atoms with Crippen molar-refractivity contribution in [3.8, 4) is 33.3 Å². The number of para-hydroxylation sites is 2. The van der Waals surface area contributed by atoms with Gasteiger partial charge in [-0.1, -0.05) is 24.3 Å². The SMILES string of the molecule is CCOc1ccccc1-c1csc(NC(=O)Cc2csc(-c3ccccc3OCC)n2)n1. The van der Waals surface area contributed by atoms with Crippen molar-refractivity contribution >= 4 is 33.7 Å². The molecule has 2 aromatic heterocycles. The second kappa shape index (κ2) is 10.4. The Labute approximate surface area is 194 Å². The van der Waals surface area contributed by atoms with Crippen LogP contribution in [0.15, 0.2) is 59.3 Å². The minimum atomic E-state index is -0.154. The van der Waals surface area contributed by atoms with E-state index in [1.807, 2.05) is 73.1 Å². The summed E-state index contributed by atoms with van der Waals surface area (Å²) < 4.78 is 11.4. The monoisotopic (exact) mass is 465 g/mol. The van der Waals surface area contributed by atoms with Gasteiger partial charge < -0.3 is 14.8 Å². The second-order valence-electron chi connectivity index (χ2n) is 6.77. The lowest BCUT2D eigenvalue weighted by Gasteiger charge is -2.07. The van der Waals surface area contributed by atoms with E-state index in [-0.39, 0.29) is 12.3 Å². The van der Waals surface area contributed by atoms with Crippen LogP contribution in [0.1, 0.15) is 19.5 Å². The van der Waals surface area contributed by atoms with Crippen LogP contribution in [0.5, 0.6) is 11.5 Å². The Hall–Kier alpha value is -3.23. The van der Waals surface area contributed by atoms with Crippen molar-refractivity contribution in [1.82, 2.24) is 9.97 Å². The third-order valence-electron chi connectivity index (χ3n) is 4.52. The number of rotatable bonds is 9. The third kappa shape index (κ3) is 5.15. The molecule has 32 heavy (non-hydrogen) atoms. The Morgan fingerprint density at radius 3 is 2.25 bits per heavy atom. The Morgan fingerprint density at radius 2 is 1.53 bits per heavy atom. The number of nitrogens with one attached hydrogen (secondary N) is 1. The first-order valence-electron chi connectivity index (χ1n) is 10.3. The number of aromatic nitrogens is 2. The van der Waals surface area contributed by atoms with Crippen LogP contribution in [0.3, 0.4) is 0 Å². The predicted octanol–water partition coefficient (Wildman–Crippen LogP) is 5.91. The van der Waals surface area contributed by atoms with Crippen molar-refractivity contribution in [2.75, 3.05) is 18.5 Å². The number of benzene rings is 2. The first-order valence-corrected chi connectivity index (χ1v) is 12.1. The standard InChI is InChI=1S/C24H23N3O3S2/c1-3-29-20-11-7-5-9-17(20)19-15-32-24(26-19)27-22(28)13-16-14-31-23(25-16)18-10-6-8-12-21(18)30-4-2/h5-12,14-15H,3-4,13H2,1-2H3,(H,26,27,28).